The zero-order valence-electron chi connectivity index (χ0n) is 8.66. The largest absolute Gasteiger partial charge is 0.103 e. The smallest absolute Gasteiger partial charge is 0.0163 e. The number of hydrogen-bond acceptors (Lipinski definition) is 0. The van der Waals surface area contributed by atoms with E-state index < -0.39 is 0 Å². The third-order valence-corrected chi connectivity index (χ3v) is 2.11. The lowest BCUT2D eigenvalue weighted by atomic mass is 10.0. The standard InChI is InChI=1S/C14H16/c1-4-6-7-13(5-2)14-10-8-12(3)9-11-14/h4-5,7-11H,1-2,6H2,3H3/b13-7+. The fourth-order valence-corrected chi connectivity index (χ4v) is 1.28. The van der Waals surface area contributed by atoms with Gasteiger partial charge in [0.15, 0.2) is 0 Å². The average Bonchev–Trinajstić information content (AvgIpc) is 2.21. The Bertz CT molecular complexity index is 339. The maximum absolute atomic E-state index is 3.81. The highest BCUT2D eigenvalue weighted by Crippen LogP contribution is 2.16. The lowest BCUT2D eigenvalue weighted by Gasteiger charge is -2.02. The van der Waals surface area contributed by atoms with Gasteiger partial charge in [-0.1, -0.05) is 54.6 Å². The zero-order valence-corrected chi connectivity index (χ0v) is 8.66. The Labute approximate surface area is 86.3 Å². The van der Waals surface area contributed by atoms with Crippen LogP contribution in [0, 0.1) is 6.92 Å². The molecule has 1 aromatic carbocycles. The Kier molecular flexibility index (Phi) is 3.93. The summed E-state index contributed by atoms with van der Waals surface area (Å²) in [5.41, 5.74) is 3.67. The Morgan fingerprint density at radius 3 is 2.36 bits per heavy atom. The van der Waals surface area contributed by atoms with Gasteiger partial charge in [-0.15, -0.1) is 6.58 Å². The first-order chi connectivity index (χ1) is 6.77. The SMILES string of the molecule is C=CC/C=C(\C=C)c1ccc(C)cc1. The molecule has 0 bridgehead atoms. The third kappa shape index (κ3) is 2.74. The molecule has 0 heteroatoms. The van der Waals surface area contributed by atoms with Crippen molar-refractivity contribution < 1.29 is 0 Å². The van der Waals surface area contributed by atoms with Gasteiger partial charge >= 0.3 is 0 Å². The summed E-state index contributed by atoms with van der Waals surface area (Å²) >= 11 is 0. The Balaban J connectivity index is 2.94. The molecule has 0 nitrogen and oxygen atoms in total. The van der Waals surface area contributed by atoms with Crippen molar-refractivity contribution in [1.82, 2.24) is 0 Å². The van der Waals surface area contributed by atoms with Gasteiger partial charge in [-0.25, -0.2) is 0 Å². The van der Waals surface area contributed by atoms with Gasteiger partial charge in [-0.05, 0) is 24.5 Å². The van der Waals surface area contributed by atoms with E-state index in [0.29, 0.717) is 0 Å². The summed E-state index contributed by atoms with van der Waals surface area (Å²) in [5.74, 6) is 0. The predicted molar refractivity (Wildman–Crippen MR) is 64.2 cm³/mol. The van der Waals surface area contributed by atoms with Gasteiger partial charge in [0.05, 0.1) is 0 Å². The first-order valence-electron chi connectivity index (χ1n) is 4.78. The van der Waals surface area contributed by atoms with Crippen molar-refractivity contribution in [2.75, 3.05) is 0 Å². The van der Waals surface area contributed by atoms with Gasteiger partial charge in [0.2, 0.25) is 0 Å². The van der Waals surface area contributed by atoms with Crippen LogP contribution < -0.4 is 0 Å². The van der Waals surface area contributed by atoms with E-state index in [4.69, 9.17) is 0 Å². The van der Waals surface area contributed by atoms with E-state index in [9.17, 15) is 0 Å². The van der Waals surface area contributed by atoms with Crippen molar-refractivity contribution in [1.29, 1.82) is 0 Å². The van der Waals surface area contributed by atoms with Gasteiger partial charge in [0.25, 0.3) is 0 Å². The Morgan fingerprint density at radius 2 is 1.86 bits per heavy atom. The second-order valence-electron chi connectivity index (χ2n) is 3.25. The first-order valence-corrected chi connectivity index (χ1v) is 4.78. The molecule has 0 aromatic heterocycles. The molecule has 14 heavy (non-hydrogen) atoms. The van der Waals surface area contributed by atoms with Crippen molar-refractivity contribution >= 4 is 5.57 Å². The summed E-state index contributed by atoms with van der Waals surface area (Å²) in [6.07, 6.45) is 6.78. The lowest BCUT2D eigenvalue weighted by Crippen LogP contribution is -1.81. The van der Waals surface area contributed by atoms with Crippen molar-refractivity contribution in [3.63, 3.8) is 0 Å². The van der Waals surface area contributed by atoms with Gasteiger partial charge < -0.3 is 0 Å². The minimum absolute atomic E-state index is 0.884. The number of aryl methyl sites for hydroxylation is 1. The molecule has 0 heterocycles. The maximum atomic E-state index is 3.81. The van der Waals surface area contributed by atoms with Gasteiger partial charge in [0.1, 0.15) is 0 Å². The highest BCUT2D eigenvalue weighted by atomic mass is 14.0. The molecule has 0 aliphatic rings. The summed E-state index contributed by atoms with van der Waals surface area (Å²) in [7, 11) is 0. The molecule has 0 spiro atoms. The van der Waals surface area contributed by atoms with E-state index >= 15 is 0 Å². The molecule has 1 aromatic rings. The normalized spacial score (nSPS) is 11.1. The Morgan fingerprint density at radius 1 is 1.21 bits per heavy atom. The lowest BCUT2D eigenvalue weighted by molar-refractivity contribution is 1.40. The first kappa shape index (κ1) is 10.5. The molecule has 0 saturated heterocycles. The monoisotopic (exact) mass is 184 g/mol. The minimum atomic E-state index is 0.884. The molecule has 1 rings (SSSR count). The van der Waals surface area contributed by atoms with Gasteiger partial charge in [0, 0.05) is 0 Å². The third-order valence-electron chi connectivity index (χ3n) is 2.11. The molecule has 0 aliphatic carbocycles. The van der Waals surface area contributed by atoms with E-state index in [1.165, 1.54) is 16.7 Å². The molecule has 0 aliphatic heterocycles. The Hall–Kier alpha value is -1.56. The summed E-state index contributed by atoms with van der Waals surface area (Å²) in [5, 5.41) is 0. The number of rotatable bonds is 4. The molecular formula is C14H16. The second kappa shape index (κ2) is 5.23. The van der Waals surface area contributed by atoms with Gasteiger partial charge in [-0.3, -0.25) is 0 Å². The highest BCUT2D eigenvalue weighted by molar-refractivity contribution is 5.73. The van der Waals surface area contributed by atoms with E-state index in [1.54, 1.807) is 0 Å². The molecule has 0 saturated carbocycles. The molecule has 0 N–H and O–H groups in total. The second-order valence-corrected chi connectivity index (χ2v) is 3.25. The molecule has 0 radical (unpaired) electrons. The van der Waals surface area contributed by atoms with Crippen LogP contribution in [0.1, 0.15) is 17.5 Å². The summed E-state index contributed by atoms with van der Waals surface area (Å²) in [6.45, 7) is 9.59. The fourth-order valence-electron chi connectivity index (χ4n) is 1.28. The van der Waals surface area contributed by atoms with Crippen LogP contribution in [-0.4, -0.2) is 0 Å². The van der Waals surface area contributed by atoms with E-state index in [0.717, 1.165) is 6.42 Å². The minimum Gasteiger partial charge on any atom is -0.103 e. The predicted octanol–water partition coefficient (Wildman–Crippen LogP) is 4.14. The van der Waals surface area contributed by atoms with Crippen LogP contribution in [0.2, 0.25) is 0 Å². The quantitative estimate of drug-likeness (QED) is 0.487. The average molecular weight is 184 g/mol. The fraction of sp³-hybridized carbons (Fsp3) is 0.143. The van der Waals surface area contributed by atoms with Crippen LogP contribution in [0.3, 0.4) is 0 Å². The van der Waals surface area contributed by atoms with Crippen LogP contribution in [0.5, 0.6) is 0 Å². The summed E-state index contributed by atoms with van der Waals surface area (Å²) in [6, 6.07) is 8.46. The summed E-state index contributed by atoms with van der Waals surface area (Å²) < 4.78 is 0. The van der Waals surface area contributed by atoms with Crippen LogP contribution in [-0.2, 0) is 0 Å². The van der Waals surface area contributed by atoms with Gasteiger partial charge in [-0.2, -0.15) is 0 Å². The van der Waals surface area contributed by atoms with Crippen molar-refractivity contribution in [2.24, 2.45) is 0 Å². The molecule has 0 atom stereocenters. The molecular weight excluding hydrogens is 168 g/mol. The molecule has 0 unspecified atom stereocenters. The van der Waals surface area contributed by atoms with Crippen molar-refractivity contribution in [3.05, 3.63) is 66.8 Å². The maximum Gasteiger partial charge on any atom is -0.0163 e. The van der Waals surface area contributed by atoms with Crippen LogP contribution >= 0.6 is 0 Å². The number of benzene rings is 1. The zero-order chi connectivity index (χ0) is 10.4. The topological polar surface area (TPSA) is 0 Å². The van der Waals surface area contributed by atoms with Crippen LogP contribution in [0.15, 0.2) is 55.7 Å². The molecule has 0 amide bonds. The highest BCUT2D eigenvalue weighted by Gasteiger charge is 1.95. The van der Waals surface area contributed by atoms with E-state index in [1.807, 2.05) is 12.2 Å². The van der Waals surface area contributed by atoms with Crippen LogP contribution in [0.25, 0.3) is 5.57 Å². The number of hydrogen-bond donors (Lipinski definition) is 0. The summed E-state index contributed by atoms with van der Waals surface area (Å²) in [4.78, 5) is 0. The van der Waals surface area contributed by atoms with Crippen LogP contribution in [0.4, 0.5) is 0 Å². The van der Waals surface area contributed by atoms with Crippen molar-refractivity contribution in [2.45, 2.75) is 13.3 Å². The van der Waals surface area contributed by atoms with Crippen molar-refractivity contribution in [3.8, 4) is 0 Å². The molecule has 72 valence electrons. The molecule has 0 fully saturated rings. The van der Waals surface area contributed by atoms with E-state index in [2.05, 4.69) is 50.4 Å². The number of allylic oxidation sites excluding steroid dienone is 4. The van der Waals surface area contributed by atoms with E-state index in [-0.39, 0.29) is 0 Å².